The summed E-state index contributed by atoms with van der Waals surface area (Å²) < 4.78 is 2.12. The Kier molecular flexibility index (Phi) is 5.03. The Labute approximate surface area is 149 Å². The maximum Gasteiger partial charge on any atom is 0.194 e. The number of nitrogens with one attached hydrogen (secondary N) is 1. The summed E-state index contributed by atoms with van der Waals surface area (Å²) in [6, 6.07) is 16.8. The third kappa shape index (κ3) is 3.82. The molecule has 3 aromatic rings. The molecular formula is C20H25N5. The van der Waals surface area contributed by atoms with Gasteiger partial charge < -0.3 is 14.8 Å². The molecule has 1 aromatic heterocycles. The van der Waals surface area contributed by atoms with Gasteiger partial charge >= 0.3 is 0 Å². The number of benzene rings is 2. The van der Waals surface area contributed by atoms with Gasteiger partial charge in [0.25, 0.3) is 0 Å². The fourth-order valence-electron chi connectivity index (χ4n) is 2.94. The van der Waals surface area contributed by atoms with E-state index in [-0.39, 0.29) is 0 Å². The first-order valence-corrected chi connectivity index (χ1v) is 8.46. The van der Waals surface area contributed by atoms with Crippen LogP contribution in [0.1, 0.15) is 17.0 Å². The van der Waals surface area contributed by atoms with E-state index in [4.69, 9.17) is 4.98 Å². The summed E-state index contributed by atoms with van der Waals surface area (Å²) in [5, 5.41) is 3.41. The second-order valence-corrected chi connectivity index (χ2v) is 6.32. The molecule has 0 radical (unpaired) electrons. The predicted octanol–water partition coefficient (Wildman–Crippen LogP) is 3.09. The Balaban J connectivity index is 1.67. The van der Waals surface area contributed by atoms with E-state index in [2.05, 4.69) is 57.0 Å². The van der Waals surface area contributed by atoms with Crippen LogP contribution in [0.4, 0.5) is 0 Å². The van der Waals surface area contributed by atoms with Crippen LogP contribution in [-0.2, 0) is 20.1 Å². The van der Waals surface area contributed by atoms with Crippen LogP contribution < -0.4 is 5.32 Å². The van der Waals surface area contributed by atoms with Gasteiger partial charge in [-0.3, -0.25) is 4.99 Å². The van der Waals surface area contributed by atoms with E-state index in [1.54, 1.807) is 0 Å². The number of rotatable bonds is 4. The van der Waals surface area contributed by atoms with Gasteiger partial charge in [-0.25, -0.2) is 4.98 Å². The number of para-hydroxylation sites is 2. The Bertz CT molecular complexity index is 877. The average molecular weight is 335 g/mol. The van der Waals surface area contributed by atoms with Crippen molar-refractivity contribution in [3.8, 4) is 0 Å². The van der Waals surface area contributed by atoms with Gasteiger partial charge in [-0.15, -0.1) is 0 Å². The number of aliphatic imine (C=N–C) groups is 1. The van der Waals surface area contributed by atoms with Crippen LogP contribution in [0.5, 0.6) is 0 Å². The van der Waals surface area contributed by atoms with Crippen molar-refractivity contribution in [3.63, 3.8) is 0 Å². The smallest absolute Gasteiger partial charge is 0.194 e. The molecule has 0 saturated carbocycles. The molecule has 2 aromatic carbocycles. The minimum absolute atomic E-state index is 0.635. The minimum atomic E-state index is 0.635. The second-order valence-electron chi connectivity index (χ2n) is 6.32. The molecule has 0 unspecified atom stereocenters. The number of aryl methyl sites for hydroxylation is 2. The lowest BCUT2D eigenvalue weighted by Gasteiger charge is -2.22. The van der Waals surface area contributed by atoms with Crippen LogP contribution in [0.25, 0.3) is 11.0 Å². The van der Waals surface area contributed by atoms with E-state index in [9.17, 15) is 0 Å². The van der Waals surface area contributed by atoms with Crippen molar-refractivity contribution in [1.82, 2.24) is 19.8 Å². The third-order valence-electron chi connectivity index (χ3n) is 4.40. The zero-order valence-electron chi connectivity index (χ0n) is 15.3. The molecule has 1 N–H and O–H groups in total. The van der Waals surface area contributed by atoms with Crippen LogP contribution in [0, 0.1) is 6.92 Å². The van der Waals surface area contributed by atoms with Crippen molar-refractivity contribution in [1.29, 1.82) is 0 Å². The first kappa shape index (κ1) is 17.0. The van der Waals surface area contributed by atoms with Gasteiger partial charge in [0, 0.05) is 27.7 Å². The topological polar surface area (TPSA) is 45.5 Å². The van der Waals surface area contributed by atoms with Crippen molar-refractivity contribution in [3.05, 3.63) is 65.5 Å². The summed E-state index contributed by atoms with van der Waals surface area (Å²) in [6.45, 7) is 3.55. The zero-order valence-corrected chi connectivity index (χ0v) is 15.3. The van der Waals surface area contributed by atoms with Crippen LogP contribution in [0.3, 0.4) is 0 Å². The first-order chi connectivity index (χ1) is 12.1. The lowest BCUT2D eigenvalue weighted by molar-refractivity contribution is 0.474. The van der Waals surface area contributed by atoms with E-state index in [1.807, 2.05) is 39.3 Å². The predicted molar refractivity (Wildman–Crippen MR) is 104 cm³/mol. The van der Waals surface area contributed by atoms with E-state index >= 15 is 0 Å². The Morgan fingerprint density at radius 2 is 1.88 bits per heavy atom. The largest absolute Gasteiger partial charge is 0.349 e. The summed E-state index contributed by atoms with van der Waals surface area (Å²) in [7, 11) is 5.90. The molecule has 0 aliphatic rings. The van der Waals surface area contributed by atoms with Crippen LogP contribution >= 0.6 is 0 Å². The third-order valence-corrected chi connectivity index (χ3v) is 4.40. The van der Waals surface area contributed by atoms with Crippen LogP contribution in [0.2, 0.25) is 0 Å². The van der Waals surface area contributed by atoms with Gasteiger partial charge in [0.2, 0.25) is 0 Å². The number of hydrogen-bond acceptors (Lipinski definition) is 2. The minimum Gasteiger partial charge on any atom is -0.349 e. The molecule has 0 fully saturated rings. The lowest BCUT2D eigenvalue weighted by Crippen LogP contribution is -2.38. The van der Waals surface area contributed by atoms with Crippen molar-refractivity contribution < 1.29 is 0 Å². The Hall–Kier alpha value is -2.82. The van der Waals surface area contributed by atoms with Crippen LogP contribution in [0.15, 0.2) is 53.5 Å². The normalized spacial score (nSPS) is 11.8. The van der Waals surface area contributed by atoms with Gasteiger partial charge in [-0.1, -0.05) is 42.0 Å². The molecule has 25 heavy (non-hydrogen) atoms. The van der Waals surface area contributed by atoms with Gasteiger partial charge in [-0.2, -0.15) is 0 Å². The molecule has 0 spiro atoms. The van der Waals surface area contributed by atoms with Crippen molar-refractivity contribution in [2.45, 2.75) is 20.0 Å². The first-order valence-electron chi connectivity index (χ1n) is 8.46. The molecule has 0 saturated heterocycles. The van der Waals surface area contributed by atoms with Crippen molar-refractivity contribution in [2.75, 3.05) is 14.1 Å². The summed E-state index contributed by atoms with van der Waals surface area (Å²) in [5.74, 6) is 1.85. The molecule has 5 heteroatoms. The fourth-order valence-corrected chi connectivity index (χ4v) is 2.94. The molecule has 0 aliphatic heterocycles. The highest BCUT2D eigenvalue weighted by atomic mass is 15.3. The van der Waals surface area contributed by atoms with E-state index < -0.39 is 0 Å². The molecule has 0 aliphatic carbocycles. The molecular weight excluding hydrogens is 310 g/mol. The second kappa shape index (κ2) is 7.38. The van der Waals surface area contributed by atoms with Gasteiger partial charge in [0.15, 0.2) is 5.96 Å². The summed E-state index contributed by atoms with van der Waals surface area (Å²) in [6.07, 6.45) is 0. The number of imidazole rings is 1. The number of nitrogens with zero attached hydrogens (tertiary/aromatic N) is 4. The zero-order chi connectivity index (χ0) is 17.8. The quantitative estimate of drug-likeness (QED) is 0.589. The SMILES string of the molecule is CN=C(NCc1nc2ccccc2n1C)N(C)Cc1ccc(C)cc1. The van der Waals surface area contributed by atoms with Gasteiger partial charge in [-0.05, 0) is 24.6 Å². The van der Waals surface area contributed by atoms with E-state index in [1.165, 1.54) is 11.1 Å². The maximum atomic E-state index is 4.70. The molecule has 3 rings (SSSR count). The highest BCUT2D eigenvalue weighted by Gasteiger charge is 2.10. The van der Waals surface area contributed by atoms with Crippen LogP contribution in [-0.4, -0.2) is 34.5 Å². The van der Waals surface area contributed by atoms with Crippen molar-refractivity contribution >= 4 is 17.0 Å². The summed E-state index contributed by atoms with van der Waals surface area (Å²) >= 11 is 0. The standard InChI is InChI=1S/C20H25N5/c1-15-9-11-16(12-10-15)14-24(3)20(21-2)22-13-19-23-17-7-5-6-8-18(17)25(19)4/h5-12H,13-14H2,1-4H3,(H,21,22). The number of hydrogen-bond donors (Lipinski definition) is 1. The molecule has 5 nitrogen and oxygen atoms in total. The number of guanidine groups is 1. The average Bonchev–Trinajstić information content (AvgIpc) is 2.94. The van der Waals surface area contributed by atoms with Gasteiger partial charge in [0.05, 0.1) is 17.6 Å². The molecule has 0 bridgehead atoms. The highest BCUT2D eigenvalue weighted by Crippen LogP contribution is 2.14. The number of aromatic nitrogens is 2. The maximum absolute atomic E-state index is 4.70. The van der Waals surface area contributed by atoms with E-state index in [0.717, 1.165) is 29.4 Å². The molecule has 0 amide bonds. The highest BCUT2D eigenvalue weighted by molar-refractivity contribution is 5.80. The number of fused-ring (bicyclic) bond motifs is 1. The molecule has 130 valence electrons. The fraction of sp³-hybridized carbons (Fsp3) is 0.300. The Morgan fingerprint density at radius 3 is 2.56 bits per heavy atom. The Morgan fingerprint density at radius 1 is 1.16 bits per heavy atom. The van der Waals surface area contributed by atoms with Crippen molar-refractivity contribution in [2.24, 2.45) is 12.0 Å². The lowest BCUT2D eigenvalue weighted by atomic mass is 10.1. The van der Waals surface area contributed by atoms with E-state index in [0.29, 0.717) is 6.54 Å². The summed E-state index contributed by atoms with van der Waals surface area (Å²) in [5.41, 5.74) is 4.70. The molecule has 0 atom stereocenters. The monoisotopic (exact) mass is 335 g/mol. The molecule has 1 heterocycles. The van der Waals surface area contributed by atoms with Gasteiger partial charge in [0.1, 0.15) is 5.82 Å². The summed E-state index contributed by atoms with van der Waals surface area (Å²) in [4.78, 5) is 11.2.